The van der Waals surface area contributed by atoms with Gasteiger partial charge in [-0.15, -0.1) is 11.3 Å². The van der Waals surface area contributed by atoms with Crippen LogP contribution in [0.4, 0.5) is 5.69 Å². The average Bonchev–Trinajstić information content (AvgIpc) is 3.28. The van der Waals surface area contributed by atoms with Crippen LogP contribution in [-0.4, -0.2) is 63.4 Å². The molecule has 1 fully saturated rings. The second kappa shape index (κ2) is 10.0. The Morgan fingerprint density at radius 1 is 0.972 bits per heavy atom. The van der Waals surface area contributed by atoms with Gasteiger partial charge < -0.3 is 29.6 Å². The molecule has 0 radical (unpaired) electrons. The molecule has 8 nitrogen and oxygen atoms in total. The number of pyridine rings is 1. The maximum absolute atomic E-state index is 13.4. The fourth-order valence-corrected chi connectivity index (χ4v) is 5.50. The molecule has 186 valence electrons. The fourth-order valence-electron chi connectivity index (χ4n) is 4.41. The lowest BCUT2D eigenvalue weighted by molar-refractivity contribution is 0.0307. The summed E-state index contributed by atoms with van der Waals surface area (Å²) < 4.78 is 22.1. The van der Waals surface area contributed by atoms with Crippen LogP contribution >= 0.6 is 11.3 Å². The summed E-state index contributed by atoms with van der Waals surface area (Å²) >= 11 is 1.32. The van der Waals surface area contributed by atoms with Crippen LogP contribution in [0.5, 0.6) is 17.2 Å². The van der Waals surface area contributed by atoms with Crippen molar-refractivity contribution >= 4 is 33.1 Å². The fraction of sp³-hybridized carbons (Fsp3) is 0.259. The highest BCUT2D eigenvalue weighted by Crippen LogP contribution is 2.46. The number of fused-ring (bicyclic) bond motifs is 1. The molecule has 1 aliphatic heterocycles. The predicted octanol–water partition coefficient (Wildman–Crippen LogP) is 4.71. The number of carbonyl (C=O) groups excluding carboxylic acids is 1. The second-order valence-corrected chi connectivity index (χ2v) is 9.26. The van der Waals surface area contributed by atoms with Gasteiger partial charge in [-0.05, 0) is 29.3 Å². The molecule has 0 saturated carbocycles. The van der Waals surface area contributed by atoms with Crippen molar-refractivity contribution in [3.05, 3.63) is 53.4 Å². The smallest absolute Gasteiger partial charge is 0.266 e. The first-order valence-corrected chi connectivity index (χ1v) is 12.3. The number of ether oxygens (including phenoxy) is 4. The molecule has 0 aliphatic carbocycles. The van der Waals surface area contributed by atoms with Gasteiger partial charge in [-0.2, -0.15) is 0 Å². The zero-order valence-corrected chi connectivity index (χ0v) is 21.2. The third kappa shape index (κ3) is 4.20. The molecule has 4 aromatic rings. The topological polar surface area (TPSA) is 96.1 Å². The number of hydrogen-bond acceptors (Lipinski definition) is 8. The van der Waals surface area contributed by atoms with Crippen molar-refractivity contribution in [3.63, 3.8) is 0 Å². The van der Waals surface area contributed by atoms with Crippen molar-refractivity contribution in [1.29, 1.82) is 0 Å². The van der Waals surface area contributed by atoms with Gasteiger partial charge in [0.25, 0.3) is 5.91 Å². The van der Waals surface area contributed by atoms with E-state index in [4.69, 9.17) is 29.7 Å². The van der Waals surface area contributed by atoms with E-state index in [-0.39, 0.29) is 5.91 Å². The number of nitrogen functional groups attached to an aromatic ring is 1. The minimum Gasteiger partial charge on any atom is -0.493 e. The van der Waals surface area contributed by atoms with Gasteiger partial charge in [0.2, 0.25) is 5.75 Å². The van der Waals surface area contributed by atoms with Gasteiger partial charge >= 0.3 is 0 Å². The van der Waals surface area contributed by atoms with Crippen LogP contribution in [-0.2, 0) is 4.74 Å². The van der Waals surface area contributed by atoms with E-state index in [1.165, 1.54) is 11.3 Å². The normalized spacial score (nSPS) is 13.6. The highest BCUT2D eigenvalue weighted by atomic mass is 32.1. The minimum absolute atomic E-state index is 0.101. The maximum Gasteiger partial charge on any atom is 0.266 e. The van der Waals surface area contributed by atoms with E-state index in [0.29, 0.717) is 58.9 Å². The molecule has 2 aromatic heterocycles. The first-order chi connectivity index (χ1) is 17.5. The maximum atomic E-state index is 13.4. The highest BCUT2D eigenvalue weighted by molar-refractivity contribution is 7.21. The van der Waals surface area contributed by atoms with Gasteiger partial charge in [0, 0.05) is 24.0 Å². The van der Waals surface area contributed by atoms with Crippen LogP contribution in [0.2, 0.25) is 0 Å². The van der Waals surface area contributed by atoms with Crippen LogP contribution in [0.3, 0.4) is 0 Å². The second-order valence-electron chi connectivity index (χ2n) is 8.26. The highest BCUT2D eigenvalue weighted by Gasteiger charge is 2.27. The van der Waals surface area contributed by atoms with Crippen LogP contribution in [0, 0.1) is 0 Å². The Morgan fingerprint density at radius 2 is 1.64 bits per heavy atom. The SMILES string of the molecule is COc1cc(-c2cc(-c3ccccc3)nc3sc(C(=O)N4CCOCC4)c(N)c23)cc(OC)c1OC. The molecule has 2 aromatic carbocycles. The van der Waals surface area contributed by atoms with Gasteiger partial charge in [0.15, 0.2) is 11.5 Å². The Balaban J connectivity index is 1.75. The van der Waals surface area contributed by atoms with Gasteiger partial charge in [-0.25, -0.2) is 4.98 Å². The number of rotatable bonds is 6. The summed E-state index contributed by atoms with van der Waals surface area (Å²) in [6, 6.07) is 15.7. The molecule has 0 spiro atoms. The number of aromatic nitrogens is 1. The number of carbonyl (C=O) groups is 1. The molecule has 1 saturated heterocycles. The van der Waals surface area contributed by atoms with Crippen LogP contribution in [0.25, 0.3) is 32.6 Å². The lowest BCUT2D eigenvalue weighted by atomic mass is 9.98. The Morgan fingerprint density at radius 3 is 2.25 bits per heavy atom. The number of benzene rings is 2. The van der Waals surface area contributed by atoms with Crippen molar-refractivity contribution in [2.45, 2.75) is 0 Å². The van der Waals surface area contributed by atoms with E-state index in [1.807, 2.05) is 48.5 Å². The lowest BCUT2D eigenvalue weighted by Crippen LogP contribution is -2.40. The molecule has 0 atom stereocenters. The van der Waals surface area contributed by atoms with E-state index in [0.717, 1.165) is 27.8 Å². The van der Waals surface area contributed by atoms with Crippen molar-refractivity contribution in [2.75, 3.05) is 53.4 Å². The van der Waals surface area contributed by atoms with Gasteiger partial charge in [0.1, 0.15) is 9.71 Å². The van der Waals surface area contributed by atoms with Crippen LogP contribution in [0.15, 0.2) is 48.5 Å². The Labute approximate surface area is 213 Å². The summed E-state index contributed by atoms with van der Waals surface area (Å²) in [6.07, 6.45) is 0. The summed E-state index contributed by atoms with van der Waals surface area (Å²) in [4.78, 5) is 21.3. The summed E-state index contributed by atoms with van der Waals surface area (Å²) in [5.74, 6) is 1.45. The molecular weight excluding hydrogens is 478 g/mol. The summed E-state index contributed by atoms with van der Waals surface area (Å²) in [5, 5.41) is 0.727. The van der Waals surface area contributed by atoms with Gasteiger partial charge in [0.05, 0.1) is 45.9 Å². The molecular formula is C27H27N3O5S. The molecule has 9 heteroatoms. The zero-order chi connectivity index (χ0) is 25.2. The van der Waals surface area contributed by atoms with Crippen molar-refractivity contribution in [1.82, 2.24) is 9.88 Å². The average molecular weight is 506 g/mol. The Bertz CT molecular complexity index is 1390. The Kier molecular flexibility index (Phi) is 6.67. The van der Waals surface area contributed by atoms with E-state index in [1.54, 1.807) is 26.2 Å². The molecule has 1 amide bonds. The van der Waals surface area contributed by atoms with Crippen molar-refractivity contribution in [3.8, 4) is 39.6 Å². The number of hydrogen-bond donors (Lipinski definition) is 1. The largest absolute Gasteiger partial charge is 0.493 e. The Hall–Kier alpha value is -3.82. The molecule has 0 unspecified atom stereocenters. The van der Waals surface area contributed by atoms with Gasteiger partial charge in [-0.3, -0.25) is 4.79 Å². The molecule has 0 bridgehead atoms. The van der Waals surface area contributed by atoms with Crippen LogP contribution in [0.1, 0.15) is 9.67 Å². The van der Waals surface area contributed by atoms with E-state index >= 15 is 0 Å². The predicted molar refractivity (Wildman–Crippen MR) is 141 cm³/mol. The molecule has 1 aliphatic rings. The number of nitrogens with two attached hydrogens (primary N) is 1. The molecule has 36 heavy (non-hydrogen) atoms. The minimum atomic E-state index is -0.101. The quantitative estimate of drug-likeness (QED) is 0.405. The van der Waals surface area contributed by atoms with E-state index < -0.39 is 0 Å². The number of nitrogens with zero attached hydrogens (tertiary/aromatic N) is 2. The zero-order valence-electron chi connectivity index (χ0n) is 20.4. The number of amides is 1. The first-order valence-electron chi connectivity index (χ1n) is 11.5. The van der Waals surface area contributed by atoms with Crippen molar-refractivity contribution in [2.24, 2.45) is 0 Å². The van der Waals surface area contributed by atoms with E-state index in [9.17, 15) is 4.79 Å². The first kappa shape index (κ1) is 23.9. The molecule has 3 heterocycles. The standard InChI is InChI=1S/C27H27N3O5S/c1-32-20-13-17(14-21(33-2)24(20)34-3)18-15-19(16-7-5-4-6-8-16)29-26-22(18)23(28)25(36-26)27(31)30-9-11-35-12-10-30/h4-8,13-15H,9-12,28H2,1-3H3. The summed E-state index contributed by atoms with van der Waals surface area (Å²) in [7, 11) is 4.73. The lowest BCUT2D eigenvalue weighted by Gasteiger charge is -2.26. The van der Waals surface area contributed by atoms with Crippen molar-refractivity contribution < 1.29 is 23.7 Å². The summed E-state index contributed by atoms with van der Waals surface area (Å²) in [5.41, 5.74) is 10.5. The third-order valence-corrected chi connectivity index (χ3v) is 7.32. The van der Waals surface area contributed by atoms with E-state index in [2.05, 4.69) is 0 Å². The van der Waals surface area contributed by atoms with Gasteiger partial charge in [-0.1, -0.05) is 30.3 Å². The third-order valence-electron chi connectivity index (χ3n) is 6.24. The number of methoxy groups -OCH3 is 3. The monoisotopic (exact) mass is 505 g/mol. The number of thiophene rings is 1. The molecule has 5 rings (SSSR count). The summed E-state index contributed by atoms with van der Waals surface area (Å²) in [6.45, 7) is 2.11. The molecule has 2 N–H and O–H groups in total. The van der Waals surface area contributed by atoms with Crippen LogP contribution < -0.4 is 19.9 Å². The number of anilines is 1. The number of morpholine rings is 1.